The fourth-order valence-corrected chi connectivity index (χ4v) is 2.38. The summed E-state index contributed by atoms with van der Waals surface area (Å²) in [6.07, 6.45) is 0. The minimum atomic E-state index is -0.548. The van der Waals surface area contributed by atoms with Gasteiger partial charge in [-0.1, -0.05) is 17.7 Å². The topological polar surface area (TPSA) is 41.6 Å². The van der Waals surface area contributed by atoms with E-state index < -0.39 is 11.6 Å². The second kappa shape index (κ2) is 8.08. The minimum Gasteiger partial charge on any atom is -0.494 e. The average Bonchev–Trinajstić information content (AvgIpc) is 2.51. The van der Waals surface area contributed by atoms with Crippen LogP contribution in [0.3, 0.4) is 0 Å². The molecule has 128 valence electrons. The van der Waals surface area contributed by atoms with E-state index >= 15 is 0 Å². The molecule has 0 bridgehead atoms. The van der Waals surface area contributed by atoms with Gasteiger partial charge in [-0.25, -0.2) is 8.78 Å². The number of hydrogen-bond acceptors (Lipinski definition) is 3. The predicted octanol–water partition coefficient (Wildman–Crippen LogP) is 3.70. The van der Waals surface area contributed by atoms with Crippen LogP contribution in [0.2, 0.25) is 5.02 Å². The fraction of sp³-hybridized carbons (Fsp3) is 0.235. The van der Waals surface area contributed by atoms with E-state index in [4.69, 9.17) is 16.3 Å². The highest BCUT2D eigenvalue weighted by atomic mass is 35.5. The van der Waals surface area contributed by atoms with Gasteiger partial charge in [0, 0.05) is 12.2 Å². The van der Waals surface area contributed by atoms with Crippen LogP contribution in [0.5, 0.6) is 5.75 Å². The van der Waals surface area contributed by atoms with Gasteiger partial charge in [0.25, 0.3) is 0 Å². The SMILES string of the molecule is COc1ccc(CN(C)CC(=O)Nc2ccc(F)c(Cl)c2)cc1F. The van der Waals surface area contributed by atoms with E-state index in [2.05, 4.69) is 5.32 Å². The molecule has 0 saturated heterocycles. The molecule has 4 nitrogen and oxygen atoms in total. The van der Waals surface area contributed by atoms with Crippen LogP contribution < -0.4 is 10.1 Å². The number of halogens is 3. The molecule has 24 heavy (non-hydrogen) atoms. The van der Waals surface area contributed by atoms with E-state index in [1.807, 2.05) is 0 Å². The first kappa shape index (κ1) is 18.2. The molecule has 0 aromatic heterocycles. The number of benzene rings is 2. The first-order valence-electron chi connectivity index (χ1n) is 7.15. The number of rotatable bonds is 6. The van der Waals surface area contributed by atoms with Crippen molar-refractivity contribution in [2.24, 2.45) is 0 Å². The third-order valence-corrected chi connectivity index (χ3v) is 3.58. The van der Waals surface area contributed by atoms with E-state index in [1.165, 1.54) is 31.4 Å². The lowest BCUT2D eigenvalue weighted by Crippen LogP contribution is -2.29. The number of ether oxygens (including phenoxy) is 1. The molecule has 0 heterocycles. The molecule has 2 rings (SSSR count). The van der Waals surface area contributed by atoms with Gasteiger partial charge in [0.2, 0.25) is 5.91 Å². The Kier molecular flexibility index (Phi) is 6.11. The van der Waals surface area contributed by atoms with Crippen molar-refractivity contribution in [3.63, 3.8) is 0 Å². The lowest BCUT2D eigenvalue weighted by atomic mass is 10.2. The van der Waals surface area contributed by atoms with Crippen molar-refractivity contribution in [2.75, 3.05) is 26.0 Å². The third-order valence-electron chi connectivity index (χ3n) is 3.29. The second-order valence-corrected chi connectivity index (χ2v) is 5.73. The van der Waals surface area contributed by atoms with Crippen LogP contribution in [-0.2, 0) is 11.3 Å². The first-order valence-corrected chi connectivity index (χ1v) is 7.52. The Hall–Kier alpha value is -2.18. The van der Waals surface area contributed by atoms with Gasteiger partial charge in [-0.05, 0) is 42.9 Å². The summed E-state index contributed by atoms with van der Waals surface area (Å²) in [5, 5.41) is 2.57. The summed E-state index contributed by atoms with van der Waals surface area (Å²) in [5.41, 5.74) is 1.13. The van der Waals surface area contributed by atoms with Gasteiger partial charge in [0.05, 0.1) is 18.7 Å². The fourth-order valence-electron chi connectivity index (χ4n) is 2.20. The van der Waals surface area contributed by atoms with Crippen molar-refractivity contribution in [1.29, 1.82) is 0 Å². The van der Waals surface area contributed by atoms with Crippen LogP contribution in [-0.4, -0.2) is 31.5 Å². The summed E-state index contributed by atoms with van der Waals surface area (Å²) >= 11 is 5.67. The lowest BCUT2D eigenvalue weighted by molar-refractivity contribution is -0.117. The molecule has 0 saturated carbocycles. The first-order chi connectivity index (χ1) is 11.4. The maximum atomic E-state index is 13.7. The Labute approximate surface area is 144 Å². The van der Waals surface area contributed by atoms with E-state index in [-0.39, 0.29) is 23.2 Å². The molecule has 0 unspecified atom stereocenters. The predicted molar refractivity (Wildman–Crippen MR) is 89.3 cm³/mol. The quantitative estimate of drug-likeness (QED) is 0.860. The van der Waals surface area contributed by atoms with Gasteiger partial charge in [-0.15, -0.1) is 0 Å². The largest absolute Gasteiger partial charge is 0.494 e. The zero-order chi connectivity index (χ0) is 17.7. The average molecular weight is 355 g/mol. The van der Waals surface area contributed by atoms with Gasteiger partial charge >= 0.3 is 0 Å². The van der Waals surface area contributed by atoms with Crippen molar-refractivity contribution in [2.45, 2.75) is 6.54 Å². The molecule has 2 aromatic rings. The maximum absolute atomic E-state index is 13.7. The van der Waals surface area contributed by atoms with E-state index in [1.54, 1.807) is 24.1 Å². The van der Waals surface area contributed by atoms with Gasteiger partial charge in [-0.2, -0.15) is 0 Å². The van der Waals surface area contributed by atoms with E-state index in [9.17, 15) is 13.6 Å². The molecule has 1 N–H and O–H groups in total. The molecular weight excluding hydrogens is 338 g/mol. The highest BCUT2D eigenvalue weighted by molar-refractivity contribution is 6.31. The van der Waals surface area contributed by atoms with Gasteiger partial charge in [0.15, 0.2) is 11.6 Å². The molecule has 0 fully saturated rings. The highest BCUT2D eigenvalue weighted by Gasteiger charge is 2.10. The molecular formula is C17H17ClF2N2O2. The van der Waals surface area contributed by atoms with Crippen LogP contribution >= 0.6 is 11.6 Å². The summed E-state index contributed by atoms with van der Waals surface area (Å²) in [6, 6.07) is 8.59. The summed E-state index contributed by atoms with van der Waals surface area (Å²) < 4.78 is 31.6. The zero-order valence-corrected chi connectivity index (χ0v) is 14.0. The normalized spacial score (nSPS) is 10.8. The Morgan fingerprint density at radius 2 is 1.96 bits per heavy atom. The Morgan fingerprint density at radius 1 is 1.21 bits per heavy atom. The summed E-state index contributed by atoms with van der Waals surface area (Å²) in [7, 11) is 3.13. The van der Waals surface area contributed by atoms with E-state index in [0.29, 0.717) is 17.8 Å². The third kappa shape index (κ3) is 4.91. The minimum absolute atomic E-state index is 0.0603. The highest BCUT2D eigenvalue weighted by Crippen LogP contribution is 2.20. The number of hydrogen-bond donors (Lipinski definition) is 1. The summed E-state index contributed by atoms with van der Waals surface area (Å²) in [6.45, 7) is 0.473. The molecule has 2 aromatic carbocycles. The van der Waals surface area contributed by atoms with Crippen LogP contribution in [0, 0.1) is 11.6 Å². The van der Waals surface area contributed by atoms with Crippen LogP contribution in [0.1, 0.15) is 5.56 Å². The van der Waals surface area contributed by atoms with Crippen molar-refractivity contribution >= 4 is 23.2 Å². The number of anilines is 1. The number of carbonyl (C=O) groups excluding carboxylic acids is 1. The van der Waals surface area contributed by atoms with Crippen LogP contribution in [0.25, 0.3) is 0 Å². The Balaban J connectivity index is 1.91. The van der Waals surface area contributed by atoms with Crippen LogP contribution in [0.4, 0.5) is 14.5 Å². The molecule has 1 amide bonds. The van der Waals surface area contributed by atoms with Crippen molar-refractivity contribution < 1.29 is 18.3 Å². The lowest BCUT2D eigenvalue weighted by Gasteiger charge is -2.17. The second-order valence-electron chi connectivity index (χ2n) is 5.32. The monoisotopic (exact) mass is 354 g/mol. The molecule has 0 aliphatic heterocycles. The molecule has 7 heteroatoms. The standard InChI is InChI=1S/C17H17ClF2N2O2/c1-22(9-11-3-6-16(24-2)15(20)7-11)10-17(23)21-12-4-5-14(19)13(18)8-12/h3-8H,9-10H2,1-2H3,(H,21,23). The molecule has 0 radical (unpaired) electrons. The number of nitrogens with zero attached hydrogens (tertiary/aromatic N) is 1. The van der Waals surface area contributed by atoms with Gasteiger partial charge in [-0.3, -0.25) is 9.69 Å². The smallest absolute Gasteiger partial charge is 0.238 e. The van der Waals surface area contributed by atoms with E-state index in [0.717, 1.165) is 0 Å². The number of nitrogens with one attached hydrogen (secondary N) is 1. The summed E-state index contributed by atoms with van der Waals surface area (Å²) in [4.78, 5) is 13.7. The van der Waals surface area contributed by atoms with Gasteiger partial charge < -0.3 is 10.1 Å². The molecule has 0 atom stereocenters. The van der Waals surface area contributed by atoms with Crippen molar-refractivity contribution in [3.05, 3.63) is 58.6 Å². The Bertz CT molecular complexity index is 741. The number of amides is 1. The van der Waals surface area contributed by atoms with Crippen molar-refractivity contribution in [3.8, 4) is 5.75 Å². The molecule has 0 aliphatic carbocycles. The summed E-state index contributed by atoms with van der Waals surface area (Å²) in [5.74, 6) is -1.11. The number of methoxy groups -OCH3 is 1. The van der Waals surface area contributed by atoms with Crippen LogP contribution in [0.15, 0.2) is 36.4 Å². The Morgan fingerprint density at radius 3 is 2.58 bits per heavy atom. The number of likely N-dealkylation sites (N-methyl/N-ethyl adjacent to an activating group) is 1. The maximum Gasteiger partial charge on any atom is 0.238 e. The number of carbonyl (C=O) groups is 1. The molecule has 0 spiro atoms. The zero-order valence-electron chi connectivity index (χ0n) is 13.3. The van der Waals surface area contributed by atoms with Crippen molar-refractivity contribution in [1.82, 2.24) is 4.90 Å². The molecule has 0 aliphatic rings. The van der Waals surface area contributed by atoms with Gasteiger partial charge in [0.1, 0.15) is 5.82 Å².